The molecule has 1 unspecified atom stereocenters. The second-order valence-corrected chi connectivity index (χ2v) is 8.98. The van der Waals surface area contributed by atoms with Crippen LogP contribution in [0, 0.1) is 5.92 Å². The van der Waals surface area contributed by atoms with Crippen LogP contribution in [0.5, 0.6) is 0 Å². The molecule has 124 valence electrons. The first-order chi connectivity index (χ1) is 10.8. The van der Waals surface area contributed by atoms with Crippen molar-refractivity contribution in [3.05, 3.63) is 35.4 Å². The average Bonchev–Trinajstić information content (AvgIpc) is 2.90. The van der Waals surface area contributed by atoms with Crippen LogP contribution < -0.4 is 5.32 Å². The molecule has 2 heterocycles. The highest BCUT2D eigenvalue weighted by Crippen LogP contribution is 2.56. The van der Waals surface area contributed by atoms with Crippen LogP contribution in [-0.2, 0) is 4.79 Å². The number of benzene rings is 1. The third kappa shape index (κ3) is 2.75. The highest BCUT2D eigenvalue weighted by Gasteiger charge is 2.57. The highest BCUT2D eigenvalue weighted by atomic mass is 32.2. The predicted octanol–water partition coefficient (Wildman–Crippen LogP) is 3.20. The van der Waals surface area contributed by atoms with E-state index in [-0.39, 0.29) is 21.9 Å². The van der Waals surface area contributed by atoms with Crippen molar-refractivity contribution in [2.75, 3.05) is 6.54 Å². The average molecular weight is 332 g/mol. The van der Waals surface area contributed by atoms with Crippen LogP contribution in [0.4, 0.5) is 0 Å². The molecule has 1 fully saturated rings. The van der Waals surface area contributed by atoms with Crippen molar-refractivity contribution >= 4 is 23.6 Å². The van der Waals surface area contributed by atoms with Gasteiger partial charge < -0.3 is 10.2 Å². The van der Waals surface area contributed by atoms with Crippen LogP contribution in [0.25, 0.3) is 0 Å². The quantitative estimate of drug-likeness (QED) is 0.921. The van der Waals surface area contributed by atoms with Gasteiger partial charge in [-0.2, -0.15) is 0 Å². The Morgan fingerprint density at radius 1 is 1.35 bits per heavy atom. The normalized spacial score (nSPS) is 24.7. The molecule has 0 aliphatic carbocycles. The predicted molar refractivity (Wildman–Crippen MR) is 93.3 cm³/mol. The molecule has 3 rings (SSSR count). The molecule has 2 aliphatic heterocycles. The Morgan fingerprint density at radius 2 is 2.04 bits per heavy atom. The second kappa shape index (κ2) is 5.86. The summed E-state index contributed by atoms with van der Waals surface area (Å²) in [7, 11) is 0. The van der Waals surface area contributed by atoms with Crippen molar-refractivity contribution in [1.82, 2.24) is 10.2 Å². The van der Waals surface area contributed by atoms with Gasteiger partial charge in [-0.3, -0.25) is 9.59 Å². The van der Waals surface area contributed by atoms with E-state index in [1.54, 1.807) is 16.7 Å². The van der Waals surface area contributed by atoms with Crippen LogP contribution in [0.3, 0.4) is 0 Å². The van der Waals surface area contributed by atoms with E-state index in [9.17, 15) is 9.59 Å². The maximum atomic E-state index is 12.8. The third-order valence-electron chi connectivity index (χ3n) is 4.57. The maximum absolute atomic E-state index is 12.8. The number of nitrogens with zero attached hydrogens (tertiary/aromatic N) is 1. The van der Waals surface area contributed by atoms with Gasteiger partial charge in [0.2, 0.25) is 5.91 Å². The lowest BCUT2D eigenvalue weighted by atomic mass is 10.0. The summed E-state index contributed by atoms with van der Waals surface area (Å²) in [5.74, 6) is 0.492. The fourth-order valence-corrected chi connectivity index (χ4v) is 4.97. The topological polar surface area (TPSA) is 49.4 Å². The van der Waals surface area contributed by atoms with Crippen LogP contribution in [-0.4, -0.2) is 34.0 Å². The summed E-state index contributed by atoms with van der Waals surface area (Å²) in [5.41, 5.74) is 1.77. The lowest BCUT2D eigenvalue weighted by Gasteiger charge is -2.29. The lowest BCUT2D eigenvalue weighted by Crippen LogP contribution is -2.52. The number of fused-ring (bicyclic) bond motifs is 3. The van der Waals surface area contributed by atoms with Gasteiger partial charge in [0.05, 0.1) is 0 Å². The Bertz CT molecular complexity index is 642. The van der Waals surface area contributed by atoms with Crippen LogP contribution >= 0.6 is 11.8 Å². The Labute approximate surface area is 142 Å². The van der Waals surface area contributed by atoms with Gasteiger partial charge in [-0.15, -0.1) is 11.8 Å². The zero-order valence-corrected chi connectivity index (χ0v) is 14.9. The van der Waals surface area contributed by atoms with Crippen molar-refractivity contribution < 1.29 is 9.59 Å². The minimum absolute atomic E-state index is 0.0207. The molecule has 5 heteroatoms. The summed E-state index contributed by atoms with van der Waals surface area (Å²) in [6.07, 6.45) is 0.948. The standard InChI is InChI=1S/C18H24N2O2S/c1-11(2)9-10-19-15(21)14-18(3,4)23-17-13-8-6-5-7-12(13)16(22)20(14)17/h5-8,11,14,17H,9-10H2,1-4H3,(H,19,21)/t14-,17?/m1/s1. The van der Waals surface area contributed by atoms with E-state index in [0.29, 0.717) is 12.5 Å². The molecule has 4 nitrogen and oxygen atoms in total. The fourth-order valence-electron chi connectivity index (χ4n) is 3.39. The number of hydrogen-bond donors (Lipinski definition) is 1. The molecule has 2 amide bonds. The molecular formula is C18H24N2O2S. The molecule has 2 aliphatic rings. The molecule has 0 radical (unpaired) electrons. The first-order valence-corrected chi connectivity index (χ1v) is 9.08. The summed E-state index contributed by atoms with van der Waals surface area (Å²) in [6.45, 7) is 9.04. The Hall–Kier alpha value is -1.49. The molecular weight excluding hydrogens is 308 g/mol. The summed E-state index contributed by atoms with van der Waals surface area (Å²) in [4.78, 5) is 27.3. The van der Waals surface area contributed by atoms with Crippen LogP contribution in [0.1, 0.15) is 55.4 Å². The zero-order chi connectivity index (χ0) is 16.8. The van der Waals surface area contributed by atoms with Gasteiger partial charge in [0, 0.05) is 16.9 Å². The van der Waals surface area contributed by atoms with E-state index >= 15 is 0 Å². The van der Waals surface area contributed by atoms with Crippen molar-refractivity contribution in [2.45, 2.75) is 50.3 Å². The van der Waals surface area contributed by atoms with Gasteiger partial charge in [0.25, 0.3) is 5.91 Å². The summed E-state index contributed by atoms with van der Waals surface area (Å²) < 4.78 is -0.296. The Morgan fingerprint density at radius 3 is 2.74 bits per heavy atom. The van der Waals surface area contributed by atoms with E-state index in [1.807, 2.05) is 24.3 Å². The van der Waals surface area contributed by atoms with Crippen LogP contribution in [0.15, 0.2) is 24.3 Å². The largest absolute Gasteiger partial charge is 0.354 e. The lowest BCUT2D eigenvalue weighted by molar-refractivity contribution is -0.126. The smallest absolute Gasteiger partial charge is 0.256 e. The summed E-state index contributed by atoms with van der Waals surface area (Å²) in [5, 5.41) is 2.98. The molecule has 1 N–H and O–H groups in total. The third-order valence-corrected chi connectivity index (χ3v) is 6.10. The van der Waals surface area contributed by atoms with E-state index in [2.05, 4.69) is 33.0 Å². The molecule has 0 bridgehead atoms. The van der Waals surface area contributed by atoms with E-state index in [1.165, 1.54) is 0 Å². The monoisotopic (exact) mass is 332 g/mol. The molecule has 1 aromatic rings. The molecule has 0 saturated carbocycles. The summed E-state index contributed by atoms with van der Waals surface area (Å²) in [6, 6.07) is 7.27. The number of nitrogens with one attached hydrogen (secondary N) is 1. The van der Waals surface area contributed by atoms with Gasteiger partial charge in [0.1, 0.15) is 11.4 Å². The SMILES string of the molecule is CC(C)CCNC(=O)[C@H]1N2C(=O)c3ccccc3C2SC1(C)C. The molecule has 1 aromatic carbocycles. The minimum atomic E-state index is -0.426. The van der Waals surface area contributed by atoms with E-state index in [4.69, 9.17) is 0 Å². The van der Waals surface area contributed by atoms with Crippen molar-refractivity contribution in [1.29, 1.82) is 0 Å². The molecule has 0 spiro atoms. The van der Waals surface area contributed by atoms with Crippen LogP contribution in [0.2, 0.25) is 0 Å². The number of amides is 2. The van der Waals surface area contributed by atoms with Crippen molar-refractivity contribution in [3.63, 3.8) is 0 Å². The molecule has 23 heavy (non-hydrogen) atoms. The molecule has 1 saturated heterocycles. The summed E-state index contributed by atoms with van der Waals surface area (Å²) >= 11 is 1.71. The number of carbonyl (C=O) groups is 2. The van der Waals surface area contributed by atoms with Gasteiger partial charge in [-0.25, -0.2) is 0 Å². The number of hydrogen-bond acceptors (Lipinski definition) is 3. The van der Waals surface area contributed by atoms with E-state index < -0.39 is 6.04 Å². The number of carbonyl (C=O) groups excluding carboxylic acids is 2. The minimum Gasteiger partial charge on any atom is -0.354 e. The Balaban J connectivity index is 1.84. The number of thioether (sulfide) groups is 1. The van der Waals surface area contributed by atoms with Crippen molar-refractivity contribution in [2.24, 2.45) is 5.92 Å². The van der Waals surface area contributed by atoms with Gasteiger partial charge >= 0.3 is 0 Å². The Kier molecular flexibility index (Phi) is 4.17. The van der Waals surface area contributed by atoms with Gasteiger partial charge in [-0.1, -0.05) is 32.0 Å². The maximum Gasteiger partial charge on any atom is 0.256 e. The second-order valence-electron chi connectivity index (χ2n) is 7.25. The first-order valence-electron chi connectivity index (χ1n) is 8.20. The van der Waals surface area contributed by atoms with Gasteiger partial charge in [-0.05, 0) is 37.8 Å². The number of rotatable bonds is 4. The molecule has 2 atom stereocenters. The zero-order valence-electron chi connectivity index (χ0n) is 14.1. The first kappa shape index (κ1) is 16.4. The highest BCUT2D eigenvalue weighted by molar-refractivity contribution is 8.01. The van der Waals surface area contributed by atoms with Crippen molar-refractivity contribution in [3.8, 4) is 0 Å². The fraction of sp³-hybridized carbons (Fsp3) is 0.556. The van der Waals surface area contributed by atoms with E-state index in [0.717, 1.165) is 17.5 Å². The molecule has 0 aromatic heterocycles. The van der Waals surface area contributed by atoms with Gasteiger partial charge in [0.15, 0.2) is 0 Å².